The highest BCUT2D eigenvalue weighted by molar-refractivity contribution is 5.87. The number of pyridine rings is 1. The minimum absolute atomic E-state index is 0.295. The minimum atomic E-state index is -0.315. The molecule has 4 nitrogen and oxygen atoms in total. The zero-order chi connectivity index (χ0) is 14.0. The Morgan fingerprint density at radius 3 is 2.95 bits per heavy atom. The first-order chi connectivity index (χ1) is 9.75. The molecule has 0 spiro atoms. The van der Waals surface area contributed by atoms with Gasteiger partial charge in [0.2, 0.25) is 5.91 Å². The molecule has 1 aliphatic heterocycles. The zero-order valence-corrected chi connectivity index (χ0v) is 12.1. The summed E-state index contributed by atoms with van der Waals surface area (Å²) in [6.07, 6.45) is 8.88. The van der Waals surface area contributed by atoms with E-state index in [9.17, 15) is 4.79 Å². The molecule has 0 aromatic carbocycles. The van der Waals surface area contributed by atoms with Crippen LogP contribution in [0.2, 0.25) is 0 Å². The van der Waals surface area contributed by atoms with Crippen LogP contribution >= 0.6 is 0 Å². The predicted octanol–water partition coefficient (Wildman–Crippen LogP) is 2.10. The molecule has 2 heterocycles. The van der Waals surface area contributed by atoms with E-state index < -0.39 is 0 Å². The van der Waals surface area contributed by atoms with E-state index in [1.54, 1.807) is 6.20 Å². The summed E-state index contributed by atoms with van der Waals surface area (Å²) in [7, 11) is 0. The fraction of sp³-hybridized carbons (Fsp3) is 0.625. The Kier molecular flexibility index (Phi) is 3.74. The molecule has 108 valence electrons. The van der Waals surface area contributed by atoms with Crippen LogP contribution in [0.1, 0.15) is 44.6 Å². The molecule has 0 bridgehead atoms. The first-order valence-corrected chi connectivity index (χ1v) is 7.70. The van der Waals surface area contributed by atoms with Gasteiger partial charge in [-0.15, -0.1) is 0 Å². The quantitative estimate of drug-likeness (QED) is 0.893. The Balaban J connectivity index is 1.78. The van der Waals surface area contributed by atoms with Crippen LogP contribution in [-0.2, 0) is 11.3 Å². The Labute approximate surface area is 120 Å². The van der Waals surface area contributed by atoms with Crippen molar-refractivity contribution >= 4 is 5.91 Å². The average molecular weight is 273 g/mol. The Bertz CT molecular complexity index is 464. The molecule has 1 saturated heterocycles. The van der Waals surface area contributed by atoms with Crippen LogP contribution in [0, 0.1) is 0 Å². The van der Waals surface area contributed by atoms with Crippen molar-refractivity contribution in [2.45, 2.75) is 57.2 Å². The summed E-state index contributed by atoms with van der Waals surface area (Å²) in [5.41, 5.74) is 0.808. The lowest BCUT2D eigenvalue weighted by Gasteiger charge is -2.34. The third kappa shape index (κ3) is 2.57. The molecule has 1 atom stereocenters. The van der Waals surface area contributed by atoms with Gasteiger partial charge in [0.25, 0.3) is 0 Å². The number of rotatable bonds is 5. The summed E-state index contributed by atoms with van der Waals surface area (Å²) in [4.78, 5) is 19.3. The van der Waals surface area contributed by atoms with Crippen molar-refractivity contribution in [1.82, 2.24) is 15.2 Å². The largest absolute Gasteiger partial charge is 0.334 e. The fourth-order valence-corrected chi connectivity index (χ4v) is 3.16. The Hall–Kier alpha value is -1.42. The summed E-state index contributed by atoms with van der Waals surface area (Å²) in [6, 6.07) is 4.43. The molecule has 2 fully saturated rings. The van der Waals surface area contributed by atoms with Crippen molar-refractivity contribution in [3.63, 3.8) is 0 Å². The summed E-state index contributed by atoms with van der Waals surface area (Å²) in [5.74, 6) is 0.295. The second-order valence-electron chi connectivity index (χ2n) is 5.99. The topological polar surface area (TPSA) is 45.2 Å². The number of amides is 1. The maximum atomic E-state index is 13.0. The van der Waals surface area contributed by atoms with Gasteiger partial charge in [-0.2, -0.15) is 0 Å². The average Bonchev–Trinajstić information content (AvgIpc) is 3.22. The lowest BCUT2D eigenvalue weighted by molar-refractivity contribution is -0.139. The van der Waals surface area contributed by atoms with Gasteiger partial charge in [-0.3, -0.25) is 9.78 Å². The molecule has 1 N–H and O–H groups in total. The number of nitrogens with zero attached hydrogens (tertiary/aromatic N) is 2. The second-order valence-corrected chi connectivity index (χ2v) is 5.99. The molecule has 4 heteroatoms. The molecule has 1 aliphatic carbocycles. The molecule has 1 aromatic heterocycles. The van der Waals surface area contributed by atoms with Crippen LogP contribution in [0.15, 0.2) is 24.5 Å². The first kappa shape index (κ1) is 13.6. The van der Waals surface area contributed by atoms with E-state index in [4.69, 9.17) is 0 Å². The Morgan fingerprint density at radius 1 is 1.55 bits per heavy atom. The normalized spacial score (nSPS) is 25.6. The molecule has 2 aliphatic rings. The highest BCUT2D eigenvalue weighted by atomic mass is 16.2. The third-order valence-corrected chi connectivity index (χ3v) is 4.58. The van der Waals surface area contributed by atoms with E-state index in [0.717, 1.165) is 44.2 Å². The van der Waals surface area contributed by atoms with Gasteiger partial charge in [0.1, 0.15) is 0 Å². The van der Waals surface area contributed by atoms with Crippen LogP contribution < -0.4 is 5.32 Å². The predicted molar refractivity (Wildman–Crippen MR) is 78.1 cm³/mol. The monoisotopic (exact) mass is 273 g/mol. The highest BCUT2D eigenvalue weighted by Gasteiger charge is 2.45. The third-order valence-electron chi connectivity index (χ3n) is 4.58. The number of nitrogens with one attached hydrogen (secondary N) is 1. The van der Waals surface area contributed by atoms with Crippen LogP contribution in [-0.4, -0.2) is 33.9 Å². The van der Waals surface area contributed by atoms with Crippen molar-refractivity contribution in [3.8, 4) is 0 Å². The molecule has 20 heavy (non-hydrogen) atoms. The van der Waals surface area contributed by atoms with Gasteiger partial charge in [0, 0.05) is 25.0 Å². The van der Waals surface area contributed by atoms with Gasteiger partial charge in [-0.05, 0) is 50.3 Å². The van der Waals surface area contributed by atoms with Gasteiger partial charge >= 0.3 is 0 Å². The number of hydrogen-bond donors (Lipinski definition) is 1. The van der Waals surface area contributed by atoms with Crippen LogP contribution in [0.4, 0.5) is 0 Å². The molecule has 1 saturated carbocycles. The maximum absolute atomic E-state index is 13.0. The molecule has 1 amide bonds. The Morgan fingerprint density at radius 2 is 2.40 bits per heavy atom. The van der Waals surface area contributed by atoms with Crippen LogP contribution in [0.5, 0.6) is 0 Å². The van der Waals surface area contributed by atoms with E-state index in [1.807, 2.05) is 12.3 Å². The molecular formula is C16H23N3O. The molecule has 1 aromatic rings. The fourth-order valence-electron chi connectivity index (χ4n) is 3.16. The highest BCUT2D eigenvalue weighted by Crippen LogP contribution is 2.33. The van der Waals surface area contributed by atoms with Crippen molar-refractivity contribution < 1.29 is 4.79 Å². The van der Waals surface area contributed by atoms with Crippen molar-refractivity contribution in [2.75, 3.05) is 6.54 Å². The van der Waals surface area contributed by atoms with Gasteiger partial charge in [0.15, 0.2) is 0 Å². The molecule has 3 rings (SSSR count). The molecule has 0 radical (unpaired) electrons. The van der Waals surface area contributed by atoms with Gasteiger partial charge in [-0.1, -0.05) is 13.0 Å². The number of carbonyl (C=O) groups excluding carboxylic acids is 1. The van der Waals surface area contributed by atoms with Crippen molar-refractivity contribution in [2.24, 2.45) is 0 Å². The number of hydrogen-bond acceptors (Lipinski definition) is 3. The molecule has 1 unspecified atom stereocenters. The van der Waals surface area contributed by atoms with Gasteiger partial charge in [0.05, 0.1) is 5.54 Å². The number of aromatic nitrogens is 1. The van der Waals surface area contributed by atoms with Crippen LogP contribution in [0.25, 0.3) is 0 Å². The standard InChI is InChI=1S/C16H23N3O/c1-2-16(8-4-10-18-16)15(20)19(14-6-7-14)12-13-5-3-9-17-11-13/h3,5,9,11,14,18H,2,4,6-8,10,12H2,1H3. The number of carbonyl (C=O) groups is 1. The maximum Gasteiger partial charge on any atom is 0.243 e. The summed E-state index contributed by atoms with van der Waals surface area (Å²) in [6.45, 7) is 3.77. The summed E-state index contributed by atoms with van der Waals surface area (Å²) in [5, 5.41) is 3.46. The van der Waals surface area contributed by atoms with Crippen molar-refractivity contribution in [1.29, 1.82) is 0 Å². The van der Waals surface area contributed by atoms with Gasteiger partial charge < -0.3 is 10.2 Å². The summed E-state index contributed by atoms with van der Waals surface area (Å²) >= 11 is 0. The smallest absolute Gasteiger partial charge is 0.243 e. The molecular weight excluding hydrogens is 250 g/mol. The first-order valence-electron chi connectivity index (χ1n) is 7.70. The minimum Gasteiger partial charge on any atom is -0.334 e. The lowest BCUT2D eigenvalue weighted by Crippen LogP contribution is -2.55. The van der Waals surface area contributed by atoms with Crippen LogP contribution in [0.3, 0.4) is 0 Å². The summed E-state index contributed by atoms with van der Waals surface area (Å²) < 4.78 is 0. The van der Waals surface area contributed by atoms with E-state index in [1.165, 1.54) is 0 Å². The second kappa shape index (κ2) is 5.52. The van der Waals surface area contributed by atoms with Crippen molar-refractivity contribution in [3.05, 3.63) is 30.1 Å². The van der Waals surface area contributed by atoms with E-state index in [-0.39, 0.29) is 5.54 Å². The van der Waals surface area contributed by atoms with E-state index in [2.05, 4.69) is 28.2 Å². The van der Waals surface area contributed by atoms with Gasteiger partial charge in [-0.25, -0.2) is 0 Å². The lowest BCUT2D eigenvalue weighted by atomic mass is 9.92. The SMILES string of the molecule is CCC1(C(=O)N(Cc2cccnc2)C2CC2)CCCN1. The zero-order valence-electron chi connectivity index (χ0n) is 12.1. The van der Waals surface area contributed by atoms with E-state index >= 15 is 0 Å². The van der Waals surface area contributed by atoms with E-state index in [0.29, 0.717) is 18.5 Å².